The van der Waals surface area contributed by atoms with Gasteiger partial charge in [0.15, 0.2) is 0 Å². The molecule has 10 nitrogen and oxygen atoms in total. The largest absolute Gasteiger partial charge is 0.434 e. The molecule has 0 unspecified atom stereocenters. The van der Waals surface area contributed by atoms with Crippen LogP contribution in [0, 0.1) is 0 Å². The van der Waals surface area contributed by atoms with Crippen molar-refractivity contribution in [2.75, 3.05) is 31.1 Å². The maximum atomic E-state index is 13.2. The fraction of sp³-hybridized carbons (Fsp3) is 0.333. The molecule has 5 heterocycles. The minimum absolute atomic E-state index is 0.0187. The first-order chi connectivity index (χ1) is 19.0. The van der Waals surface area contributed by atoms with Gasteiger partial charge in [-0.1, -0.05) is 24.3 Å². The molecule has 12 heteroatoms. The van der Waals surface area contributed by atoms with Crippen LogP contribution in [0.4, 0.5) is 19.5 Å². The van der Waals surface area contributed by atoms with Gasteiger partial charge < -0.3 is 19.9 Å². The molecule has 2 amide bonds. The van der Waals surface area contributed by atoms with Gasteiger partial charge in [0.1, 0.15) is 5.75 Å². The lowest BCUT2D eigenvalue weighted by molar-refractivity contribution is -0.0507. The van der Waals surface area contributed by atoms with Gasteiger partial charge in [-0.15, -0.1) is 0 Å². The summed E-state index contributed by atoms with van der Waals surface area (Å²) in [6, 6.07) is 12.1. The van der Waals surface area contributed by atoms with Gasteiger partial charge in [0.2, 0.25) is 5.95 Å². The Labute approximate surface area is 221 Å². The predicted octanol–water partition coefficient (Wildman–Crippen LogP) is 3.07. The number of carbonyl (C=O) groups is 1. The lowest BCUT2D eigenvalue weighted by Crippen LogP contribution is -2.52. The lowest BCUT2D eigenvalue weighted by Gasteiger charge is -2.36. The van der Waals surface area contributed by atoms with Gasteiger partial charge in [-0.2, -0.15) is 8.78 Å². The average molecular weight is 534 g/mol. The maximum absolute atomic E-state index is 13.2. The molecule has 2 atom stereocenters. The summed E-state index contributed by atoms with van der Waals surface area (Å²) < 4.78 is 34.5. The molecule has 3 aliphatic rings. The van der Waals surface area contributed by atoms with Crippen LogP contribution in [0.3, 0.4) is 0 Å². The number of amides is 2. The zero-order chi connectivity index (χ0) is 26.7. The quantitative estimate of drug-likeness (QED) is 0.424. The van der Waals surface area contributed by atoms with Gasteiger partial charge in [0, 0.05) is 56.2 Å². The number of nitrogens with zero attached hydrogens (tertiary/aromatic N) is 6. The van der Waals surface area contributed by atoms with Crippen molar-refractivity contribution in [2.45, 2.75) is 31.7 Å². The molecule has 0 aliphatic carbocycles. The predicted molar refractivity (Wildman–Crippen MR) is 139 cm³/mol. The van der Waals surface area contributed by atoms with Gasteiger partial charge in [0.25, 0.3) is 5.56 Å². The summed E-state index contributed by atoms with van der Waals surface area (Å²) in [6.45, 7) is 0.110. The number of benzene rings is 2. The van der Waals surface area contributed by atoms with E-state index in [1.807, 2.05) is 21.7 Å². The van der Waals surface area contributed by atoms with Crippen molar-refractivity contribution in [1.29, 1.82) is 0 Å². The zero-order valence-corrected chi connectivity index (χ0v) is 20.8. The lowest BCUT2D eigenvalue weighted by atomic mass is 10.0. The molecule has 0 radical (unpaired) electrons. The fourth-order valence-electron chi connectivity index (χ4n) is 6.03. The Morgan fingerprint density at radius 1 is 1.00 bits per heavy atom. The molecule has 4 aromatic rings. The van der Waals surface area contributed by atoms with E-state index in [2.05, 4.69) is 20.2 Å². The van der Waals surface area contributed by atoms with E-state index in [0.717, 1.165) is 11.1 Å². The molecule has 2 aromatic carbocycles. The van der Waals surface area contributed by atoms with Crippen LogP contribution < -0.4 is 20.5 Å². The molecule has 1 N–H and O–H groups in total. The number of ether oxygens (including phenoxy) is 1. The number of rotatable bonds is 5. The summed E-state index contributed by atoms with van der Waals surface area (Å²) in [7, 11) is 0. The topological polar surface area (TPSA) is 97.5 Å². The van der Waals surface area contributed by atoms with Crippen molar-refractivity contribution in [3.63, 3.8) is 0 Å². The second-order valence-corrected chi connectivity index (χ2v) is 9.98. The highest BCUT2D eigenvalue weighted by Gasteiger charge is 2.36. The summed E-state index contributed by atoms with van der Waals surface area (Å²) in [6.07, 6.45) is 4.11. The summed E-state index contributed by atoms with van der Waals surface area (Å²) in [4.78, 5) is 38.2. The van der Waals surface area contributed by atoms with Gasteiger partial charge in [-0.25, -0.2) is 19.4 Å². The van der Waals surface area contributed by atoms with Crippen molar-refractivity contribution in [2.24, 2.45) is 0 Å². The molecule has 0 spiro atoms. The molecular formula is C27H25F2N7O3. The third-order valence-electron chi connectivity index (χ3n) is 7.86. The Balaban J connectivity index is 1.21. The molecule has 39 heavy (non-hydrogen) atoms. The van der Waals surface area contributed by atoms with E-state index in [1.165, 1.54) is 6.07 Å². The number of anilines is 1. The molecule has 2 fully saturated rings. The standard InChI is InChI=1S/C27H25F2N7O3/c28-25(29)39-23-4-2-1-3-19(23)21-7-8-35-24(37)20-6-5-16(11-22(20)36(21)35)17-12-30-26(31-13-17)33-9-10-34-18(15-33)14-32-27(34)38/h1-6,11-13,18,21,25H,7-10,14-15H2,(H,32,38)/t18-,21-/m1/s1. The van der Waals surface area contributed by atoms with Crippen molar-refractivity contribution >= 4 is 22.9 Å². The number of halogens is 2. The Bertz CT molecular complexity index is 1630. The Hall–Kier alpha value is -4.48. The first-order valence-corrected chi connectivity index (χ1v) is 12.9. The Morgan fingerprint density at radius 3 is 2.64 bits per heavy atom. The first-order valence-electron chi connectivity index (χ1n) is 12.9. The summed E-state index contributed by atoms with van der Waals surface area (Å²) in [5, 5.41) is 3.44. The normalized spacial score (nSPS) is 20.4. The van der Waals surface area contributed by atoms with Crippen LogP contribution >= 0.6 is 0 Å². The minimum Gasteiger partial charge on any atom is -0.434 e. The van der Waals surface area contributed by atoms with E-state index in [-0.39, 0.29) is 29.4 Å². The molecular weight excluding hydrogens is 508 g/mol. The number of para-hydroxylation sites is 1. The van der Waals surface area contributed by atoms with Crippen LogP contribution in [0.1, 0.15) is 18.0 Å². The maximum Gasteiger partial charge on any atom is 0.387 e. The van der Waals surface area contributed by atoms with Gasteiger partial charge in [-0.3, -0.25) is 9.48 Å². The van der Waals surface area contributed by atoms with E-state index in [1.54, 1.807) is 41.3 Å². The zero-order valence-electron chi connectivity index (χ0n) is 20.8. The van der Waals surface area contributed by atoms with E-state index < -0.39 is 6.61 Å². The smallest absolute Gasteiger partial charge is 0.387 e. The highest BCUT2D eigenvalue weighted by atomic mass is 19.3. The first kappa shape index (κ1) is 23.6. The number of hydrogen-bond donors (Lipinski definition) is 1. The minimum atomic E-state index is -2.94. The molecule has 3 aliphatic heterocycles. The second-order valence-electron chi connectivity index (χ2n) is 9.98. The number of nitrogens with one attached hydrogen (secondary N) is 1. The number of fused-ring (bicyclic) bond motifs is 4. The third-order valence-corrected chi connectivity index (χ3v) is 7.86. The van der Waals surface area contributed by atoms with Crippen LogP contribution in [0.25, 0.3) is 22.0 Å². The van der Waals surface area contributed by atoms with E-state index in [0.29, 0.717) is 61.6 Å². The van der Waals surface area contributed by atoms with Gasteiger partial charge in [0.05, 0.1) is 23.0 Å². The van der Waals surface area contributed by atoms with Gasteiger partial charge in [-0.05, 0) is 30.2 Å². The highest BCUT2D eigenvalue weighted by molar-refractivity contribution is 5.85. The van der Waals surface area contributed by atoms with Gasteiger partial charge >= 0.3 is 12.6 Å². The van der Waals surface area contributed by atoms with Crippen LogP contribution in [-0.2, 0) is 6.54 Å². The number of alkyl halides is 2. The number of hydrogen-bond acceptors (Lipinski definition) is 6. The van der Waals surface area contributed by atoms with Crippen LogP contribution in [-0.4, -0.2) is 69.1 Å². The molecule has 2 saturated heterocycles. The number of carbonyl (C=O) groups excluding carboxylic acids is 1. The molecule has 0 saturated carbocycles. The van der Waals surface area contributed by atoms with Crippen molar-refractivity contribution in [1.82, 2.24) is 29.5 Å². The van der Waals surface area contributed by atoms with Crippen molar-refractivity contribution in [3.8, 4) is 16.9 Å². The number of urea groups is 1. The van der Waals surface area contributed by atoms with E-state index in [9.17, 15) is 18.4 Å². The summed E-state index contributed by atoms with van der Waals surface area (Å²) in [5.74, 6) is 0.717. The molecule has 2 aromatic heterocycles. The summed E-state index contributed by atoms with van der Waals surface area (Å²) in [5.41, 5.74) is 2.84. The number of aromatic nitrogens is 4. The van der Waals surface area contributed by atoms with Crippen molar-refractivity contribution in [3.05, 3.63) is 70.8 Å². The van der Waals surface area contributed by atoms with E-state index >= 15 is 0 Å². The average Bonchev–Trinajstić information content (AvgIpc) is 3.63. The Kier molecular flexibility index (Phi) is 5.49. The monoisotopic (exact) mass is 533 g/mol. The van der Waals surface area contributed by atoms with Crippen LogP contribution in [0.5, 0.6) is 5.75 Å². The molecule has 0 bridgehead atoms. The second kappa shape index (κ2) is 9.07. The fourth-order valence-corrected chi connectivity index (χ4v) is 6.03. The number of piperazine rings is 1. The van der Waals surface area contributed by atoms with Crippen LogP contribution in [0.2, 0.25) is 0 Å². The molecule has 7 rings (SSSR count). The highest BCUT2D eigenvalue weighted by Crippen LogP contribution is 2.37. The van der Waals surface area contributed by atoms with Crippen molar-refractivity contribution < 1.29 is 18.3 Å². The molecule has 200 valence electrons. The Morgan fingerprint density at radius 2 is 1.82 bits per heavy atom. The van der Waals surface area contributed by atoms with E-state index in [4.69, 9.17) is 4.74 Å². The third kappa shape index (κ3) is 3.89. The summed E-state index contributed by atoms with van der Waals surface area (Å²) >= 11 is 0. The SMILES string of the molecule is O=C1NC[C@@H]2CN(c3ncc(-c4ccc5c(=O)n6n(c5c4)[C@@H](c4ccccc4OC(F)F)CC6)cn3)CCN12. The van der Waals surface area contributed by atoms with Crippen LogP contribution in [0.15, 0.2) is 59.7 Å².